The van der Waals surface area contributed by atoms with E-state index >= 15 is 0 Å². The maximum Gasteiger partial charge on any atom is 0.238 e. The Bertz CT molecular complexity index is 929. The summed E-state index contributed by atoms with van der Waals surface area (Å²) in [6.45, 7) is 2.98. The second kappa shape index (κ2) is 7.62. The number of halogens is 2. The van der Waals surface area contributed by atoms with Gasteiger partial charge in [-0.05, 0) is 29.8 Å². The third-order valence-electron chi connectivity index (χ3n) is 4.27. The zero-order valence-corrected chi connectivity index (χ0v) is 16.5. The highest BCUT2D eigenvalue weighted by Gasteiger charge is 2.26. The zero-order chi connectivity index (χ0) is 18.9. The van der Waals surface area contributed by atoms with Gasteiger partial charge >= 0.3 is 0 Å². The molecule has 26 heavy (non-hydrogen) atoms. The summed E-state index contributed by atoms with van der Waals surface area (Å²) in [7, 11) is -2.41. The number of nitrogens with zero attached hydrogens (tertiary/aromatic N) is 1. The molecule has 0 spiro atoms. The maximum absolute atomic E-state index is 12.3. The number of nitrogens with one attached hydrogen (secondary N) is 1. The molecule has 9 heteroatoms. The molecular formula is C17H19Cl2N3O3S. The first-order valence-corrected chi connectivity index (χ1v) is 10.3. The van der Waals surface area contributed by atoms with E-state index in [4.69, 9.17) is 33.1 Å². The fourth-order valence-corrected chi connectivity index (χ4v) is 4.14. The lowest BCUT2D eigenvalue weighted by Crippen LogP contribution is -2.44. The van der Waals surface area contributed by atoms with Crippen LogP contribution in [0.1, 0.15) is 0 Å². The van der Waals surface area contributed by atoms with E-state index in [0.29, 0.717) is 45.7 Å². The minimum absolute atomic E-state index is 0.0187. The number of hydrogen-bond donors (Lipinski definition) is 2. The van der Waals surface area contributed by atoms with Crippen LogP contribution in [0.4, 0.5) is 5.69 Å². The fourth-order valence-electron chi connectivity index (χ4n) is 3.09. The molecule has 140 valence electrons. The molecule has 2 aromatic rings. The summed E-state index contributed by atoms with van der Waals surface area (Å²) in [5, 5.41) is 9.49. The summed E-state index contributed by atoms with van der Waals surface area (Å²) < 4.78 is 30.0. The van der Waals surface area contributed by atoms with Crippen LogP contribution >= 0.6 is 23.2 Å². The lowest BCUT2D eigenvalue weighted by Gasteiger charge is -2.33. The highest BCUT2D eigenvalue weighted by Crippen LogP contribution is 2.44. The van der Waals surface area contributed by atoms with Crippen molar-refractivity contribution in [2.45, 2.75) is 4.90 Å². The average Bonchev–Trinajstić information content (AvgIpc) is 2.62. The van der Waals surface area contributed by atoms with Gasteiger partial charge < -0.3 is 15.0 Å². The fraction of sp³-hybridized carbons (Fsp3) is 0.294. The van der Waals surface area contributed by atoms with Crippen LogP contribution in [0, 0.1) is 0 Å². The van der Waals surface area contributed by atoms with Crippen molar-refractivity contribution in [1.29, 1.82) is 0 Å². The lowest BCUT2D eigenvalue weighted by molar-refractivity contribution is 0.413. The Morgan fingerprint density at radius 1 is 1.12 bits per heavy atom. The van der Waals surface area contributed by atoms with Crippen molar-refractivity contribution >= 4 is 38.9 Å². The second-order valence-corrected chi connectivity index (χ2v) is 8.24. The van der Waals surface area contributed by atoms with E-state index in [-0.39, 0.29) is 4.90 Å². The molecule has 1 heterocycles. The summed E-state index contributed by atoms with van der Waals surface area (Å²) >= 11 is 12.2. The normalized spacial score (nSPS) is 15.2. The van der Waals surface area contributed by atoms with E-state index in [0.717, 1.165) is 13.1 Å². The number of ether oxygens (including phenoxy) is 1. The predicted octanol–water partition coefficient (Wildman–Crippen LogP) is 2.73. The number of anilines is 1. The minimum Gasteiger partial charge on any atom is -0.495 e. The molecule has 2 aromatic carbocycles. The van der Waals surface area contributed by atoms with Crippen molar-refractivity contribution in [3.05, 3.63) is 40.4 Å². The first-order chi connectivity index (χ1) is 12.3. The number of nitrogens with two attached hydrogens (primary N) is 1. The van der Waals surface area contributed by atoms with Crippen LogP contribution in [0.2, 0.25) is 10.0 Å². The second-order valence-electron chi connectivity index (χ2n) is 5.90. The predicted molar refractivity (Wildman–Crippen MR) is 105 cm³/mol. The molecular weight excluding hydrogens is 397 g/mol. The van der Waals surface area contributed by atoms with Gasteiger partial charge in [0.05, 0.1) is 27.7 Å². The van der Waals surface area contributed by atoms with Gasteiger partial charge in [-0.25, -0.2) is 13.6 Å². The largest absolute Gasteiger partial charge is 0.495 e. The number of methoxy groups -OCH3 is 1. The Labute approximate surface area is 162 Å². The van der Waals surface area contributed by atoms with Crippen LogP contribution in [-0.2, 0) is 10.0 Å². The molecule has 0 atom stereocenters. The highest BCUT2D eigenvalue weighted by molar-refractivity contribution is 7.89. The number of hydrogen-bond acceptors (Lipinski definition) is 5. The van der Waals surface area contributed by atoms with E-state index in [2.05, 4.69) is 10.2 Å². The quantitative estimate of drug-likeness (QED) is 0.801. The third kappa shape index (κ3) is 3.77. The Balaban J connectivity index is 2.34. The van der Waals surface area contributed by atoms with Gasteiger partial charge in [0.1, 0.15) is 5.75 Å². The molecule has 1 saturated heterocycles. The zero-order valence-electron chi connectivity index (χ0n) is 14.1. The highest BCUT2D eigenvalue weighted by atomic mass is 35.5. The number of benzene rings is 2. The summed E-state index contributed by atoms with van der Waals surface area (Å²) in [4.78, 5) is 2.10. The van der Waals surface area contributed by atoms with E-state index in [1.54, 1.807) is 31.4 Å². The van der Waals surface area contributed by atoms with E-state index in [1.807, 2.05) is 0 Å². The summed E-state index contributed by atoms with van der Waals surface area (Å²) in [6, 6.07) is 8.07. The number of piperazine rings is 1. The molecule has 3 rings (SSSR count). The SMILES string of the molecule is COc1ccc(S(N)(=O)=O)c(-c2ccc(Cl)c(Cl)c2)c1N1CCNCC1. The average molecular weight is 416 g/mol. The molecule has 0 unspecified atom stereocenters. The van der Waals surface area contributed by atoms with Crippen LogP contribution in [-0.4, -0.2) is 41.7 Å². The Hall–Kier alpha value is -1.51. The van der Waals surface area contributed by atoms with Crippen LogP contribution in [0.25, 0.3) is 11.1 Å². The molecule has 0 aliphatic carbocycles. The van der Waals surface area contributed by atoms with Crippen molar-refractivity contribution in [3.8, 4) is 16.9 Å². The van der Waals surface area contributed by atoms with Gasteiger partial charge in [-0.1, -0.05) is 29.3 Å². The molecule has 0 aromatic heterocycles. The molecule has 0 saturated carbocycles. The van der Waals surface area contributed by atoms with Crippen LogP contribution in [0.5, 0.6) is 5.75 Å². The number of sulfonamides is 1. The summed E-state index contributed by atoms with van der Waals surface area (Å²) in [6.07, 6.45) is 0. The molecule has 0 bridgehead atoms. The Morgan fingerprint density at radius 3 is 2.38 bits per heavy atom. The van der Waals surface area contributed by atoms with E-state index in [9.17, 15) is 8.42 Å². The monoisotopic (exact) mass is 415 g/mol. The molecule has 6 nitrogen and oxygen atoms in total. The standard InChI is InChI=1S/C17H19Cl2N3O3S/c1-25-14-4-5-15(26(20,23)24)16(11-2-3-12(18)13(19)10-11)17(14)22-8-6-21-7-9-22/h2-5,10,21H,6-9H2,1H3,(H2,20,23,24). The van der Waals surface area contributed by atoms with Crippen LogP contribution < -0.4 is 20.1 Å². The smallest absolute Gasteiger partial charge is 0.238 e. The minimum atomic E-state index is -3.96. The van der Waals surface area contributed by atoms with Crippen molar-refractivity contribution in [2.24, 2.45) is 5.14 Å². The first-order valence-electron chi connectivity index (χ1n) is 7.98. The van der Waals surface area contributed by atoms with Gasteiger partial charge in [0.25, 0.3) is 0 Å². The Morgan fingerprint density at radius 2 is 1.81 bits per heavy atom. The van der Waals surface area contributed by atoms with E-state index < -0.39 is 10.0 Å². The summed E-state index contributed by atoms with van der Waals surface area (Å²) in [5.74, 6) is 0.570. The van der Waals surface area contributed by atoms with Crippen molar-refractivity contribution < 1.29 is 13.2 Å². The molecule has 1 fully saturated rings. The first kappa shape index (κ1) is 19.3. The van der Waals surface area contributed by atoms with Gasteiger partial charge in [-0.3, -0.25) is 0 Å². The number of rotatable bonds is 4. The van der Waals surface area contributed by atoms with Crippen LogP contribution in [0.15, 0.2) is 35.2 Å². The third-order valence-corrected chi connectivity index (χ3v) is 5.96. The van der Waals surface area contributed by atoms with Gasteiger partial charge in [0.2, 0.25) is 10.0 Å². The molecule has 0 radical (unpaired) electrons. The molecule has 1 aliphatic heterocycles. The maximum atomic E-state index is 12.3. The van der Waals surface area contributed by atoms with Crippen molar-refractivity contribution in [3.63, 3.8) is 0 Å². The Kier molecular flexibility index (Phi) is 5.64. The summed E-state index contributed by atoms with van der Waals surface area (Å²) in [5.41, 5.74) is 1.75. The van der Waals surface area contributed by atoms with Gasteiger partial charge in [0, 0.05) is 31.7 Å². The molecule has 0 amide bonds. The van der Waals surface area contributed by atoms with E-state index in [1.165, 1.54) is 6.07 Å². The van der Waals surface area contributed by atoms with Gasteiger partial charge in [-0.15, -0.1) is 0 Å². The molecule has 1 aliphatic rings. The van der Waals surface area contributed by atoms with Crippen LogP contribution in [0.3, 0.4) is 0 Å². The van der Waals surface area contributed by atoms with Crippen molar-refractivity contribution in [2.75, 3.05) is 38.2 Å². The van der Waals surface area contributed by atoms with Crippen molar-refractivity contribution in [1.82, 2.24) is 5.32 Å². The lowest BCUT2D eigenvalue weighted by atomic mass is 10.0. The number of primary sulfonamides is 1. The van der Waals surface area contributed by atoms with Gasteiger partial charge in [-0.2, -0.15) is 0 Å². The van der Waals surface area contributed by atoms with Gasteiger partial charge in [0.15, 0.2) is 0 Å². The molecule has 3 N–H and O–H groups in total. The topological polar surface area (TPSA) is 84.7 Å².